The van der Waals surface area contributed by atoms with Crippen molar-refractivity contribution in [2.75, 3.05) is 4.90 Å². The highest BCUT2D eigenvalue weighted by atomic mass is 16.3. The lowest BCUT2D eigenvalue weighted by Gasteiger charge is -2.31. The normalized spacial score (nSPS) is 14.6. The van der Waals surface area contributed by atoms with Crippen molar-refractivity contribution in [3.05, 3.63) is 190 Å². The van der Waals surface area contributed by atoms with Crippen molar-refractivity contribution in [1.82, 2.24) is 0 Å². The summed E-state index contributed by atoms with van der Waals surface area (Å²) in [5.74, 6) is 0.941. The Labute approximate surface area is 332 Å². The SMILES string of the molecule is C=Cc1ccc2c(c1C=C)-c1ccc3c(c1C2(C)C)C(C)(C)c1cc(N(c2ccccc2C)c2cccc4c(CC)c(/C(=C\C)c5ccccc5)oc24)ccc1-3. The van der Waals surface area contributed by atoms with Crippen LogP contribution in [0.25, 0.3) is 50.9 Å². The van der Waals surface area contributed by atoms with E-state index in [1.165, 1.54) is 61.2 Å². The first-order valence-electron chi connectivity index (χ1n) is 19.9. The standard InChI is InChI=1S/C54H49NO/c1-10-34-26-31-44-48(37(34)11-2)43-30-29-41-40-28-27-36(32-45(40)54(8,9)49(41)50(43)53(44,6)7)55(46-24-18-17-20-33(46)5)47-25-19-23-42-39(13-4)51(56-52(42)47)38(12-3)35-21-15-14-16-22-35/h10-12,14-32H,1-2,13H2,3-9H3/b38-12-. The summed E-state index contributed by atoms with van der Waals surface area (Å²) < 4.78 is 7.09. The summed E-state index contributed by atoms with van der Waals surface area (Å²) in [6.45, 7) is 24.5. The average molecular weight is 728 g/mol. The number of aryl methyl sites for hydroxylation is 2. The van der Waals surface area contributed by atoms with Gasteiger partial charge in [0, 0.05) is 38.7 Å². The quantitative estimate of drug-likeness (QED) is 0.155. The van der Waals surface area contributed by atoms with Crippen molar-refractivity contribution in [3.8, 4) is 22.3 Å². The number of hydrogen-bond donors (Lipinski definition) is 0. The number of furan rings is 1. The van der Waals surface area contributed by atoms with Crippen LogP contribution in [-0.2, 0) is 17.3 Å². The third-order valence-corrected chi connectivity index (χ3v) is 12.7. The minimum Gasteiger partial charge on any atom is -0.454 e. The van der Waals surface area contributed by atoms with E-state index in [-0.39, 0.29) is 10.8 Å². The Hall–Kier alpha value is -6.12. The molecule has 0 bridgehead atoms. The van der Waals surface area contributed by atoms with Crippen LogP contribution in [0.2, 0.25) is 0 Å². The number of allylic oxidation sites excluding steroid dienone is 1. The fourth-order valence-corrected chi connectivity index (χ4v) is 10.0. The molecule has 2 nitrogen and oxygen atoms in total. The van der Waals surface area contributed by atoms with E-state index >= 15 is 0 Å². The molecule has 0 unspecified atom stereocenters. The van der Waals surface area contributed by atoms with Gasteiger partial charge >= 0.3 is 0 Å². The second-order valence-corrected chi connectivity index (χ2v) is 16.4. The van der Waals surface area contributed by atoms with Gasteiger partial charge in [0.2, 0.25) is 0 Å². The van der Waals surface area contributed by atoms with Crippen LogP contribution in [0, 0.1) is 6.92 Å². The molecule has 0 N–H and O–H groups in total. The predicted molar refractivity (Wildman–Crippen MR) is 240 cm³/mol. The second kappa shape index (κ2) is 13.0. The Morgan fingerprint density at radius 1 is 0.696 bits per heavy atom. The maximum atomic E-state index is 7.09. The van der Waals surface area contributed by atoms with Gasteiger partial charge in [-0.3, -0.25) is 0 Å². The first-order valence-corrected chi connectivity index (χ1v) is 19.9. The first-order chi connectivity index (χ1) is 27.1. The van der Waals surface area contributed by atoms with Crippen molar-refractivity contribution in [1.29, 1.82) is 0 Å². The molecular weight excluding hydrogens is 679 g/mol. The van der Waals surface area contributed by atoms with Crippen LogP contribution in [0.1, 0.15) is 97.4 Å². The second-order valence-electron chi connectivity index (χ2n) is 16.4. The van der Waals surface area contributed by atoms with Crippen LogP contribution in [0.5, 0.6) is 0 Å². The lowest BCUT2D eigenvalue weighted by molar-refractivity contribution is 0.595. The molecule has 0 spiro atoms. The molecule has 1 aromatic heterocycles. The lowest BCUT2D eigenvalue weighted by atomic mass is 9.72. The van der Waals surface area contributed by atoms with Gasteiger partial charge in [0.15, 0.2) is 5.58 Å². The van der Waals surface area contributed by atoms with Crippen molar-refractivity contribution < 1.29 is 4.42 Å². The third kappa shape index (κ3) is 4.94. The van der Waals surface area contributed by atoms with Crippen LogP contribution in [0.15, 0.2) is 139 Å². The van der Waals surface area contributed by atoms with Gasteiger partial charge in [-0.05, 0) is 111 Å². The highest BCUT2D eigenvalue weighted by Crippen LogP contribution is 2.60. The van der Waals surface area contributed by atoms with Gasteiger partial charge in [0.05, 0.1) is 5.69 Å². The molecule has 276 valence electrons. The number of benzene rings is 6. The molecule has 1 heterocycles. The number of fused-ring (bicyclic) bond motifs is 8. The average Bonchev–Trinajstić information content (AvgIpc) is 3.78. The van der Waals surface area contributed by atoms with Crippen molar-refractivity contribution in [2.45, 2.75) is 65.7 Å². The van der Waals surface area contributed by atoms with E-state index in [1.54, 1.807) is 0 Å². The number of nitrogens with zero attached hydrogens (tertiary/aromatic N) is 1. The Morgan fingerprint density at radius 2 is 1.38 bits per heavy atom. The molecule has 0 aliphatic heterocycles. The summed E-state index contributed by atoms with van der Waals surface area (Å²) in [4.78, 5) is 2.42. The van der Waals surface area contributed by atoms with Crippen molar-refractivity contribution in [3.63, 3.8) is 0 Å². The molecule has 7 aromatic rings. The highest BCUT2D eigenvalue weighted by Gasteiger charge is 2.46. The first kappa shape index (κ1) is 35.6. The Kier molecular flexibility index (Phi) is 8.25. The van der Waals surface area contributed by atoms with Crippen LogP contribution in [0.3, 0.4) is 0 Å². The smallest absolute Gasteiger partial charge is 0.159 e. The fraction of sp³-hybridized carbons (Fsp3) is 0.185. The monoisotopic (exact) mass is 727 g/mol. The molecule has 2 aliphatic carbocycles. The molecule has 0 fully saturated rings. The van der Waals surface area contributed by atoms with Crippen molar-refractivity contribution >= 4 is 45.8 Å². The highest BCUT2D eigenvalue weighted by molar-refractivity contribution is 6.01. The molecule has 9 rings (SSSR count). The van der Waals surface area contributed by atoms with Crippen molar-refractivity contribution in [2.24, 2.45) is 0 Å². The minimum atomic E-state index is -0.256. The van der Waals surface area contributed by atoms with Crippen LogP contribution < -0.4 is 4.90 Å². The summed E-state index contributed by atoms with van der Waals surface area (Å²) in [6, 6.07) is 42.2. The van der Waals surface area contributed by atoms with E-state index in [0.717, 1.165) is 56.9 Å². The van der Waals surface area contributed by atoms with Crippen LogP contribution in [0.4, 0.5) is 17.1 Å². The summed E-state index contributed by atoms with van der Waals surface area (Å²) in [7, 11) is 0. The Morgan fingerprint density at radius 3 is 2.09 bits per heavy atom. The van der Waals surface area contributed by atoms with Gasteiger partial charge in [-0.2, -0.15) is 0 Å². The molecule has 0 saturated heterocycles. The molecular formula is C54H49NO. The van der Waals surface area contributed by atoms with Crippen LogP contribution >= 0.6 is 0 Å². The van der Waals surface area contributed by atoms with E-state index < -0.39 is 0 Å². The van der Waals surface area contributed by atoms with Gasteiger partial charge in [-0.25, -0.2) is 0 Å². The van der Waals surface area contributed by atoms with E-state index in [9.17, 15) is 0 Å². The minimum absolute atomic E-state index is 0.183. The van der Waals surface area contributed by atoms with Gasteiger partial charge in [-0.15, -0.1) is 0 Å². The topological polar surface area (TPSA) is 16.4 Å². The Bertz CT molecular complexity index is 2790. The zero-order valence-corrected chi connectivity index (χ0v) is 33.7. The molecule has 0 atom stereocenters. The Balaban J connectivity index is 1.25. The van der Waals surface area contributed by atoms with Crippen LogP contribution in [-0.4, -0.2) is 0 Å². The largest absolute Gasteiger partial charge is 0.454 e. The van der Waals surface area contributed by atoms with Gasteiger partial charge in [-0.1, -0.05) is 157 Å². The maximum absolute atomic E-state index is 7.09. The number of rotatable bonds is 8. The molecule has 0 radical (unpaired) electrons. The molecule has 56 heavy (non-hydrogen) atoms. The van der Waals surface area contributed by atoms with E-state index in [1.807, 2.05) is 12.2 Å². The number of anilines is 3. The molecule has 0 saturated carbocycles. The van der Waals surface area contributed by atoms with Gasteiger partial charge < -0.3 is 9.32 Å². The summed E-state index contributed by atoms with van der Waals surface area (Å²) in [5.41, 5.74) is 21.5. The van der Waals surface area contributed by atoms with E-state index in [2.05, 4.69) is 188 Å². The van der Waals surface area contributed by atoms with Gasteiger partial charge in [0.25, 0.3) is 0 Å². The number of hydrogen-bond acceptors (Lipinski definition) is 2. The zero-order valence-electron chi connectivity index (χ0n) is 33.7. The molecule has 2 heteroatoms. The van der Waals surface area contributed by atoms with Gasteiger partial charge in [0.1, 0.15) is 5.76 Å². The zero-order chi connectivity index (χ0) is 39.1. The molecule has 6 aromatic carbocycles. The van der Waals surface area contributed by atoms with E-state index in [4.69, 9.17) is 4.42 Å². The molecule has 2 aliphatic rings. The molecule has 0 amide bonds. The summed E-state index contributed by atoms with van der Waals surface area (Å²) >= 11 is 0. The number of para-hydroxylation sites is 2. The lowest BCUT2D eigenvalue weighted by Crippen LogP contribution is -2.24. The third-order valence-electron chi connectivity index (χ3n) is 12.7. The summed E-state index contributed by atoms with van der Waals surface area (Å²) in [6.07, 6.45) is 7.00. The fourth-order valence-electron chi connectivity index (χ4n) is 10.0. The maximum Gasteiger partial charge on any atom is 0.159 e. The van der Waals surface area contributed by atoms with E-state index in [0.29, 0.717) is 0 Å². The summed E-state index contributed by atoms with van der Waals surface area (Å²) in [5, 5.41) is 1.15. The predicted octanol–water partition coefficient (Wildman–Crippen LogP) is 15.1.